The minimum Gasteiger partial charge on any atom is -0.377 e. The van der Waals surface area contributed by atoms with Crippen molar-refractivity contribution in [3.05, 3.63) is 112 Å². The largest absolute Gasteiger partial charge is 0.377 e. The summed E-state index contributed by atoms with van der Waals surface area (Å²) < 4.78 is 23.6. The standard InChI is InChI=1S/C32H33ClFN7/c1-5-27(20-9-7-6-8-10-20)38-29-22(17-35)18-36-31-25(29)15-24(16-26(31)33)37-30(21-11-13-23(34)14-12-21)28-19-41(40-39-28)32(2,3)4/h6-16,18-19,27,30,37,39-40H,5H2,1-4H3,(H,36,38)/t27-,30?/m1/s1/i30D. The molecule has 0 amide bonds. The van der Waals surface area contributed by atoms with Crippen LogP contribution >= 0.6 is 11.6 Å². The van der Waals surface area contributed by atoms with Gasteiger partial charge in [0.1, 0.15) is 11.9 Å². The molecule has 4 aromatic rings. The highest BCUT2D eigenvalue weighted by Crippen LogP contribution is 2.37. The van der Waals surface area contributed by atoms with Crippen LogP contribution in [0.25, 0.3) is 10.9 Å². The van der Waals surface area contributed by atoms with Crippen LogP contribution in [0.15, 0.2) is 84.8 Å². The molecule has 0 saturated heterocycles. The number of nitriles is 1. The molecule has 1 aliphatic rings. The van der Waals surface area contributed by atoms with E-state index in [9.17, 15) is 11.0 Å². The zero-order valence-electron chi connectivity index (χ0n) is 24.4. The summed E-state index contributed by atoms with van der Waals surface area (Å²) in [5.41, 5.74) is 10.1. The van der Waals surface area contributed by atoms with Crippen molar-refractivity contribution in [1.82, 2.24) is 21.0 Å². The molecule has 0 bridgehead atoms. The molecule has 4 N–H and O–H groups in total. The van der Waals surface area contributed by atoms with Crippen molar-refractivity contribution >= 4 is 33.9 Å². The lowest BCUT2D eigenvalue weighted by molar-refractivity contribution is 0.138. The van der Waals surface area contributed by atoms with Gasteiger partial charge in [0.2, 0.25) is 0 Å². The van der Waals surface area contributed by atoms with E-state index in [-0.39, 0.29) is 11.6 Å². The maximum Gasteiger partial charge on any atom is 0.123 e. The van der Waals surface area contributed by atoms with Gasteiger partial charge in [-0.2, -0.15) is 5.26 Å². The second-order valence-electron chi connectivity index (χ2n) is 10.9. The van der Waals surface area contributed by atoms with Crippen molar-refractivity contribution in [3.8, 4) is 6.07 Å². The highest BCUT2D eigenvalue weighted by molar-refractivity contribution is 6.35. The molecule has 7 nitrogen and oxygen atoms in total. The summed E-state index contributed by atoms with van der Waals surface area (Å²) in [6.07, 6.45) is 4.12. The van der Waals surface area contributed by atoms with E-state index >= 15 is 0 Å². The number of hydrogen-bond donors (Lipinski definition) is 4. The summed E-state index contributed by atoms with van der Waals surface area (Å²) in [6, 6.07) is 20.0. The minimum atomic E-state index is -1.57. The Balaban J connectivity index is 1.62. The average molecular weight is 571 g/mol. The van der Waals surface area contributed by atoms with Gasteiger partial charge < -0.3 is 16.1 Å². The van der Waals surface area contributed by atoms with Gasteiger partial charge in [0.05, 0.1) is 40.9 Å². The molecule has 1 unspecified atom stereocenters. The Morgan fingerprint density at radius 2 is 1.83 bits per heavy atom. The molecule has 2 heterocycles. The molecule has 5 rings (SSSR count). The Hall–Kier alpha value is -4.32. The zero-order chi connectivity index (χ0) is 30.1. The number of rotatable bonds is 8. The second kappa shape index (κ2) is 11.7. The van der Waals surface area contributed by atoms with E-state index in [2.05, 4.69) is 39.6 Å². The van der Waals surface area contributed by atoms with Crippen LogP contribution in [-0.2, 0) is 0 Å². The number of anilines is 2. The van der Waals surface area contributed by atoms with Gasteiger partial charge in [-0.15, -0.1) is 5.53 Å². The Bertz CT molecular complexity index is 1670. The quantitative estimate of drug-likeness (QED) is 0.174. The smallest absolute Gasteiger partial charge is 0.123 e. The van der Waals surface area contributed by atoms with Gasteiger partial charge in [0.25, 0.3) is 0 Å². The normalized spacial score (nSPS) is 15.8. The highest BCUT2D eigenvalue weighted by Gasteiger charge is 2.28. The molecular formula is C32H33ClFN7. The molecule has 1 aromatic heterocycles. The number of benzene rings is 3. The number of fused-ring (bicyclic) bond motifs is 1. The third-order valence-electron chi connectivity index (χ3n) is 6.94. The molecule has 3 aromatic carbocycles. The van der Waals surface area contributed by atoms with E-state index in [1.165, 1.54) is 18.3 Å². The van der Waals surface area contributed by atoms with Crippen LogP contribution in [0.3, 0.4) is 0 Å². The molecule has 9 heteroatoms. The van der Waals surface area contributed by atoms with E-state index in [1.54, 1.807) is 18.2 Å². The summed E-state index contributed by atoms with van der Waals surface area (Å²) in [6.45, 7) is 8.19. The third-order valence-corrected chi connectivity index (χ3v) is 7.23. The van der Waals surface area contributed by atoms with Crippen LogP contribution in [0.5, 0.6) is 0 Å². The lowest BCUT2D eigenvalue weighted by Gasteiger charge is -2.30. The van der Waals surface area contributed by atoms with Crippen molar-refractivity contribution in [2.75, 3.05) is 10.6 Å². The second-order valence-corrected chi connectivity index (χ2v) is 11.3. The number of nitrogens with zero attached hydrogens (tertiary/aromatic N) is 3. The molecule has 210 valence electrons. The summed E-state index contributed by atoms with van der Waals surface area (Å²) in [5, 5.41) is 19.8. The molecule has 0 spiro atoms. The average Bonchev–Trinajstić information content (AvgIpc) is 3.49. The Kier molecular flexibility index (Phi) is 7.64. The lowest BCUT2D eigenvalue weighted by atomic mass is 10.0. The Morgan fingerprint density at radius 1 is 1.10 bits per heavy atom. The van der Waals surface area contributed by atoms with Crippen molar-refractivity contribution < 1.29 is 5.76 Å². The summed E-state index contributed by atoms with van der Waals surface area (Å²) in [7, 11) is 0. The molecular weight excluding hydrogens is 537 g/mol. The Morgan fingerprint density at radius 3 is 2.46 bits per heavy atom. The van der Waals surface area contributed by atoms with E-state index in [0.29, 0.717) is 44.1 Å². The number of halogens is 2. The molecule has 2 atom stereocenters. The molecule has 0 aliphatic carbocycles. The van der Waals surface area contributed by atoms with E-state index < -0.39 is 11.8 Å². The minimum absolute atomic E-state index is 0.0592. The molecule has 0 radical (unpaired) electrons. The predicted molar refractivity (Wildman–Crippen MR) is 163 cm³/mol. The van der Waals surface area contributed by atoms with Gasteiger partial charge in [0.15, 0.2) is 0 Å². The van der Waals surface area contributed by atoms with Gasteiger partial charge >= 0.3 is 0 Å². The molecule has 0 saturated carbocycles. The summed E-state index contributed by atoms with van der Waals surface area (Å²) in [4.78, 5) is 4.49. The van der Waals surface area contributed by atoms with Crippen LogP contribution in [0, 0.1) is 17.1 Å². The van der Waals surface area contributed by atoms with Crippen molar-refractivity contribution in [3.63, 3.8) is 0 Å². The van der Waals surface area contributed by atoms with Gasteiger partial charge in [-0.25, -0.2) is 4.39 Å². The predicted octanol–water partition coefficient (Wildman–Crippen LogP) is 7.58. The first-order chi connectivity index (χ1) is 20.0. The first-order valence-corrected chi connectivity index (χ1v) is 13.8. The first kappa shape index (κ1) is 26.9. The summed E-state index contributed by atoms with van der Waals surface area (Å²) >= 11 is 6.78. The van der Waals surface area contributed by atoms with E-state index in [0.717, 1.165) is 12.0 Å². The molecule has 1 aliphatic heterocycles. The Labute approximate surface area is 246 Å². The fourth-order valence-corrected chi connectivity index (χ4v) is 4.98. The van der Waals surface area contributed by atoms with Crippen LogP contribution in [-0.4, -0.2) is 15.5 Å². The SMILES string of the molecule is [2H]C(Nc1cc(Cl)c2ncc(C#N)c(N[C@H](CC)c3ccccc3)c2c1)(C1=CN(C(C)(C)C)NN1)c1ccc(F)cc1. The lowest BCUT2D eigenvalue weighted by Crippen LogP contribution is -2.47. The maximum absolute atomic E-state index is 13.9. The van der Waals surface area contributed by atoms with Gasteiger partial charge in [-0.1, -0.05) is 61.0 Å². The van der Waals surface area contributed by atoms with Crippen LogP contribution < -0.4 is 21.6 Å². The summed E-state index contributed by atoms with van der Waals surface area (Å²) in [5.74, 6) is -0.396. The van der Waals surface area contributed by atoms with Crippen molar-refractivity contribution in [2.24, 2.45) is 0 Å². The van der Waals surface area contributed by atoms with Crippen LogP contribution in [0.1, 0.15) is 64.2 Å². The topological polar surface area (TPSA) is 88.0 Å². The van der Waals surface area contributed by atoms with Gasteiger partial charge in [-0.3, -0.25) is 9.99 Å². The number of nitrogens with one attached hydrogen (secondary N) is 4. The van der Waals surface area contributed by atoms with Crippen LogP contribution in [0.4, 0.5) is 15.8 Å². The van der Waals surface area contributed by atoms with E-state index in [1.807, 2.05) is 68.4 Å². The van der Waals surface area contributed by atoms with Crippen molar-refractivity contribution in [2.45, 2.75) is 51.7 Å². The molecule has 41 heavy (non-hydrogen) atoms. The number of hydrazine groups is 2. The zero-order valence-corrected chi connectivity index (χ0v) is 24.1. The van der Waals surface area contributed by atoms with E-state index in [4.69, 9.17) is 11.6 Å². The van der Waals surface area contributed by atoms with Crippen molar-refractivity contribution in [1.29, 1.82) is 5.26 Å². The van der Waals surface area contributed by atoms with Gasteiger partial charge in [0, 0.05) is 29.0 Å². The van der Waals surface area contributed by atoms with Crippen LogP contribution in [0.2, 0.25) is 5.02 Å². The fourth-order valence-electron chi connectivity index (χ4n) is 4.71. The highest BCUT2D eigenvalue weighted by atomic mass is 35.5. The number of pyridine rings is 1. The number of aromatic nitrogens is 1. The van der Waals surface area contributed by atoms with Gasteiger partial charge in [-0.05, 0) is 62.6 Å². The maximum atomic E-state index is 13.9. The first-order valence-electron chi connectivity index (χ1n) is 13.9. The number of hydrogen-bond acceptors (Lipinski definition) is 7. The third kappa shape index (κ3) is 6.07. The molecule has 0 fully saturated rings. The monoisotopic (exact) mass is 570 g/mol. The fraction of sp³-hybridized carbons (Fsp3) is 0.250.